The summed E-state index contributed by atoms with van der Waals surface area (Å²) in [7, 11) is 0. The van der Waals surface area contributed by atoms with Crippen LogP contribution in [0, 0.1) is 12.3 Å². The first-order valence-corrected chi connectivity index (χ1v) is 13.5. The molecule has 4 rings (SSSR count). The van der Waals surface area contributed by atoms with E-state index < -0.39 is 0 Å². The van der Waals surface area contributed by atoms with Crippen LogP contribution >= 0.6 is 0 Å². The van der Waals surface area contributed by atoms with Crippen LogP contribution in [-0.4, -0.2) is 0 Å². The number of hydrogen-bond acceptors (Lipinski definition) is 0. The molecule has 2 aromatic rings. The minimum absolute atomic E-state index is 0.380. The van der Waals surface area contributed by atoms with Crippen LogP contribution in [0.2, 0.25) is 0 Å². The van der Waals surface area contributed by atoms with Crippen molar-refractivity contribution >= 4 is 5.57 Å². The van der Waals surface area contributed by atoms with E-state index in [1.165, 1.54) is 92.9 Å². The maximum absolute atomic E-state index is 2.57. The fourth-order valence-electron chi connectivity index (χ4n) is 6.18. The summed E-state index contributed by atoms with van der Waals surface area (Å²) in [5.74, 6) is 0. The number of hydrogen-bond donors (Lipinski definition) is 0. The zero-order valence-corrected chi connectivity index (χ0v) is 21.6. The predicted molar refractivity (Wildman–Crippen MR) is 145 cm³/mol. The Morgan fingerprint density at radius 2 is 1.64 bits per heavy atom. The molecule has 2 aromatic carbocycles. The van der Waals surface area contributed by atoms with Crippen LogP contribution in [0.5, 0.6) is 0 Å². The third kappa shape index (κ3) is 5.53. The van der Waals surface area contributed by atoms with Gasteiger partial charge in [0.25, 0.3) is 0 Å². The lowest BCUT2D eigenvalue weighted by Gasteiger charge is -2.33. The Hall–Kier alpha value is -2.08. The Labute approximate surface area is 203 Å². The summed E-state index contributed by atoms with van der Waals surface area (Å²) >= 11 is 0. The SMILES string of the molecule is CCC(CC)(CCc1cc(C2(C)CCCC2)ccc1C)Cc1ccc(C2=CCCC=C2)cc1. The van der Waals surface area contributed by atoms with Crippen LogP contribution in [0.4, 0.5) is 0 Å². The van der Waals surface area contributed by atoms with Gasteiger partial charge in [0.2, 0.25) is 0 Å². The average Bonchev–Trinajstić information content (AvgIpc) is 3.31. The van der Waals surface area contributed by atoms with E-state index in [-0.39, 0.29) is 0 Å². The third-order valence-electron chi connectivity index (χ3n) is 9.04. The lowest BCUT2D eigenvalue weighted by atomic mass is 9.72. The van der Waals surface area contributed by atoms with E-state index in [1.54, 1.807) is 11.1 Å². The van der Waals surface area contributed by atoms with E-state index in [4.69, 9.17) is 0 Å². The number of rotatable bonds is 9. The second kappa shape index (κ2) is 10.5. The van der Waals surface area contributed by atoms with Gasteiger partial charge in [0.15, 0.2) is 0 Å². The van der Waals surface area contributed by atoms with Gasteiger partial charge in [0.1, 0.15) is 0 Å². The zero-order valence-electron chi connectivity index (χ0n) is 21.6. The summed E-state index contributed by atoms with van der Waals surface area (Å²) in [5.41, 5.74) is 9.66. The molecular weight excluding hydrogens is 396 g/mol. The lowest BCUT2D eigenvalue weighted by Crippen LogP contribution is -2.23. The van der Waals surface area contributed by atoms with Gasteiger partial charge in [-0.15, -0.1) is 0 Å². The minimum Gasteiger partial charge on any atom is -0.0836 e. The fourth-order valence-corrected chi connectivity index (χ4v) is 6.18. The largest absolute Gasteiger partial charge is 0.0836 e. The Kier molecular flexibility index (Phi) is 7.62. The second-order valence-electron chi connectivity index (χ2n) is 11.1. The molecule has 2 aliphatic rings. The van der Waals surface area contributed by atoms with E-state index in [9.17, 15) is 0 Å². The van der Waals surface area contributed by atoms with E-state index in [0.29, 0.717) is 10.8 Å². The van der Waals surface area contributed by atoms with Crippen molar-refractivity contribution in [3.63, 3.8) is 0 Å². The lowest BCUT2D eigenvalue weighted by molar-refractivity contribution is 0.237. The molecule has 0 heteroatoms. The van der Waals surface area contributed by atoms with E-state index in [2.05, 4.69) is 88.4 Å². The van der Waals surface area contributed by atoms with Crippen molar-refractivity contribution in [2.45, 2.75) is 104 Å². The van der Waals surface area contributed by atoms with Crippen molar-refractivity contribution in [2.24, 2.45) is 5.41 Å². The van der Waals surface area contributed by atoms with Gasteiger partial charge in [-0.05, 0) is 96.1 Å². The standard InChI is InChI=1S/C33H44/c1-5-33(6-2,25-27-15-17-29(18-16-27)28-12-8-7-9-13-28)23-20-30-24-31(19-14-26(30)3)32(4)21-10-11-22-32/h8,12-19,24H,5-7,9-11,20-23,25H2,1-4H3. The molecule has 0 bridgehead atoms. The molecule has 1 fully saturated rings. The molecule has 0 aliphatic heterocycles. The summed E-state index contributed by atoms with van der Waals surface area (Å²) in [4.78, 5) is 0. The maximum Gasteiger partial charge on any atom is -0.00751 e. The molecule has 33 heavy (non-hydrogen) atoms. The van der Waals surface area contributed by atoms with Crippen LogP contribution < -0.4 is 0 Å². The predicted octanol–water partition coefficient (Wildman–Crippen LogP) is 9.54. The molecule has 0 heterocycles. The topological polar surface area (TPSA) is 0 Å². The second-order valence-corrected chi connectivity index (χ2v) is 11.1. The normalized spacial score (nSPS) is 17.9. The van der Waals surface area contributed by atoms with E-state index in [1.807, 2.05) is 0 Å². The molecule has 0 amide bonds. The summed E-state index contributed by atoms with van der Waals surface area (Å²) in [6, 6.07) is 16.8. The minimum atomic E-state index is 0.380. The van der Waals surface area contributed by atoms with Crippen molar-refractivity contribution in [2.75, 3.05) is 0 Å². The molecular formula is C33H44. The van der Waals surface area contributed by atoms with Crippen molar-refractivity contribution in [1.29, 1.82) is 0 Å². The molecule has 2 aliphatic carbocycles. The maximum atomic E-state index is 2.57. The number of benzene rings is 2. The molecule has 0 nitrogen and oxygen atoms in total. The Morgan fingerprint density at radius 1 is 0.909 bits per heavy atom. The van der Waals surface area contributed by atoms with Gasteiger partial charge >= 0.3 is 0 Å². The van der Waals surface area contributed by atoms with Gasteiger partial charge < -0.3 is 0 Å². The molecule has 0 aromatic heterocycles. The summed E-state index contributed by atoms with van der Waals surface area (Å²) in [6.07, 6.45) is 20.9. The van der Waals surface area contributed by atoms with Crippen molar-refractivity contribution in [3.05, 3.63) is 88.5 Å². The first-order chi connectivity index (χ1) is 16.0. The van der Waals surface area contributed by atoms with Crippen molar-refractivity contribution in [1.82, 2.24) is 0 Å². The highest BCUT2D eigenvalue weighted by Gasteiger charge is 2.31. The Bertz CT molecular complexity index is 975. The van der Waals surface area contributed by atoms with Crippen LogP contribution in [0.15, 0.2) is 60.7 Å². The molecule has 0 N–H and O–H groups in total. The average molecular weight is 441 g/mol. The number of allylic oxidation sites excluding steroid dienone is 4. The Balaban J connectivity index is 1.47. The van der Waals surface area contributed by atoms with Crippen LogP contribution in [0.25, 0.3) is 5.57 Å². The zero-order chi connectivity index (χ0) is 23.3. The van der Waals surface area contributed by atoms with E-state index >= 15 is 0 Å². The third-order valence-corrected chi connectivity index (χ3v) is 9.04. The van der Waals surface area contributed by atoms with Gasteiger partial charge in [-0.2, -0.15) is 0 Å². The molecule has 1 saturated carbocycles. The summed E-state index contributed by atoms with van der Waals surface area (Å²) in [6.45, 7) is 9.60. The highest BCUT2D eigenvalue weighted by atomic mass is 14.4. The van der Waals surface area contributed by atoms with Gasteiger partial charge in [-0.1, -0.05) is 107 Å². The molecule has 0 saturated heterocycles. The summed E-state index contributed by atoms with van der Waals surface area (Å²) in [5, 5.41) is 0. The molecule has 0 radical (unpaired) electrons. The first-order valence-electron chi connectivity index (χ1n) is 13.5. The Morgan fingerprint density at radius 3 is 2.27 bits per heavy atom. The van der Waals surface area contributed by atoms with Crippen molar-refractivity contribution in [3.8, 4) is 0 Å². The van der Waals surface area contributed by atoms with Gasteiger partial charge in [0, 0.05) is 0 Å². The highest BCUT2D eigenvalue weighted by molar-refractivity contribution is 5.74. The summed E-state index contributed by atoms with van der Waals surface area (Å²) < 4.78 is 0. The van der Waals surface area contributed by atoms with Gasteiger partial charge in [0.05, 0.1) is 0 Å². The molecule has 176 valence electrons. The van der Waals surface area contributed by atoms with Crippen LogP contribution in [0.3, 0.4) is 0 Å². The smallest absolute Gasteiger partial charge is 0.00751 e. The van der Waals surface area contributed by atoms with Crippen LogP contribution in [0.1, 0.15) is 106 Å². The molecule has 0 atom stereocenters. The molecule has 0 spiro atoms. The van der Waals surface area contributed by atoms with Gasteiger partial charge in [-0.3, -0.25) is 0 Å². The van der Waals surface area contributed by atoms with E-state index in [0.717, 1.165) is 0 Å². The highest BCUT2D eigenvalue weighted by Crippen LogP contribution is 2.42. The van der Waals surface area contributed by atoms with Crippen molar-refractivity contribution < 1.29 is 0 Å². The monoisotopic (exact) mass is 440 g/mol. The fraction of sp³-hybridized carbons (Fsp3) is 0.515. The number of aryl methyl sites for hydroxylation is 2. The first kappa shape index (κ1) is 24.1. The van der Waals surface area contributed by atoms with Crippen LogP contribution in [-0.2, 0) is 18.3 Å². The molecule has 0 unspecified atom stereocenters. The van der Waals surface area contributed by atoms with Gasteiger partial charge in [-0.25, -0.2) is 0 Å². The quantitative estimate of drug-likeness (QED) is 0.364.